The molecule has 1 aromatic rings. The smallest absolute Gasteiger partial charge is 0.227 e. The molecule has 0 spiro atoms. The Morgan fingerprint density at radius 3 is 2.58 bits per heavy atom. The second-order valence-corrected chi connectivity index (χ2v) is 7.62. The van der Waals surface area contributed by atoms with Gasteiger partial charge in [0.1, 0.15) is 0 Å². The van der Waals surface area contributed by atoms with E-state index in [0.717, 1.165) is 38.8 Å². The summed E-state index contributed by atoms with van der Waals surface area (Å²) >= 11 is 0. The van der Waals surface area contributed by atoms with Crippen molar-refractivity contribution in [1.82, 2.24) is 20.2 Å². The fourth-order valence-electron chi connectivity index (χ4n) is 3.74. The highest BCUT2D eigenvalue weighted by molar-refractivity contribution is 5.80. The number of nitrogens with one attached hydrogen (secondary N) is 1. The molecule has 0 unspecified atom stereocenters. The number of carbonyl (C=O) groups excluding carboxylic acids is 2. The number of hydrogen-bond acceptors (Lipinski definition) is 5. The second-order valence-electron chi connectivity index (χ2n) is 7.62. The Morgan fingerprint density at radius 2 is 1.85 bits per heavy atom. The average molecular weight is 359 g/mol. The Hall–Kier alpha value is -2.18. The van der Waals surface area contributed by atoms with Gasteiger partial charge >= 0.3 is 0 Å². The third kappa shape index (κ3) is 4.51. The van der Waals surface area contributed by atoms with Crippen LogP contribution in [0.15, 0.2) is 18.5 Å². The van der Waals surface area contributed by atoms with Crippen LogP contribution in [0.3, 0.4) is 0 Å². The van der Waals surface area contributed by atoms with Crippen LogP contribution in [0.25, 0.3) is 0 Å². The molecule has 2 aliphatic rings. The second kappa shape index (κ2) is 8.47. The Bertz CT molecular complexity index is 622. The average Bonchev–Trinajstić information content (AvgIpc) is 2.68. The van der Waals surface area contributed by atoms with Gasteiger partial charge in [0.2, 0.25) is 17.8 Å². The van der Waals surface area contributed by atoms with Crippen LogP contribution in [0.4, 0.5) is 5.95 Å². The predicted octanol–water partition coefficient (Wildman–Crippen LogP) is 1.46. The summed E-state index contributed by atoms with van der Waals surface area (Å²) in [6.07, 6.45) is 7.22. The molecule has 142 valence electrons. The van der Waals surface area contributed by atoms with Crippen LogP contribution < -0.4 is 10.2 Å². The normalized spacial score (nSPS) is 23.8. The number of anilines is 1. The van der Waals surface area contributed by atoms with Crippen molar-refractivity contribution in [2.45, 2.75) is 45.6 Å². The minimum absolute atomic E-state index is 0.0212. The van der Waals surface area contributed by atoms with Gasteiger partial charge in [-0.1, -0.05) is 13.8 Å². The first-order valence-corrected chi connectivity index (χ1v) is 9.65. The van der Waals surface area contributed by atoms with E-state index in [1.54, 1.807) is 18.5 Å². The highest BCUT2D eigenvalue weighted by Crippen LogP contribution is 2.23. The summed E-state index contributed by atoms with van der Waals surface area (Å²) < 4.78 is 0. The van der Waals surface area contributed by atoms with E-state index in [0.29, 0.717) is 19.0 Å². The summed E-state index contributed by atoms with van der Waals surface area (Å²) in [4.78, 5) is 37.7. The number of nitrogens with zero attached hydrogens (tertiary/aromatic N) is 4. The lowest BCUT2D eigenvalue weighted by Gasteiger charge is -2.38. The summed E-state index contributed by atoms with van der Waals surface area (Å²) in [5, 5.41) is 3.08. The molecule has 2 amide bonds. The van der Waals surface area contributed by atoms with Crippen molar-refractivity contribution in [2.75, 3.05) is 31.1 Å². The zero-order valence-corrected chi connectivity index (χ0v) is 15.7. The van der Waals surface area contributed by atoms with Crippen molar-refractivity contribution in [2.24, 2.45) is 11.8 Å². The summed E-state index contributed by atoms with van der Waals surface area (Å²) in [5.74, 6) is 0.917. The molecule has 3 rings (SSSR count). The highest BCUT2D eigenvalue weighted by Gasteiger charge is 2.33. The van der Waals surface area contributed by atoms with E-state index in [4.69, 9.17) is 0 Å². The Kier molecular flexibility index (Phi) is 6.06. The fourth-order valence-corrected chi connectivity index (χ4v) is 3.74. The summed E-state index contributed by atoms with van der Waals surface area (Å²) in [7, 11) is 0. The van der Waals surface area contributed by atoms with Crippen molar-refractivity contribution in [1.29, 1.82) is 0 Å². The van der Waals surface area contributed by atoms with Crippen LogP contribution in [0.1, 0.15) is 39.5 Å². The topological polar surface area (TPSA) is 78.4 Å². The number of likely N-dealkylation sites (tertiary alicyclic amines) is 1. The molecule has 2 fully saturated rings. The molecule has 0 radical (unpaired) electrons. The summed E-state index contributed by atoms with van der Waals surface area (Å²) in [6, 6.07) is 1.87. The van der Waals surface area contributed by atoms with Crippen LogP contribution in [-0.2, 0) is 9.59 Å². The molecule has 26 heavy (non-hydrogen) atoms. The van der Waals surface area contributed by atoms with Crippen molar-refractivity contribution >= 4 is 17.8 Å². The maximum atomic E-state index is 13.0. The lowest BCUT2D eigenvalue weighted by atomic mass is 9.95. The Balaban J connectivity index is 1.58. The van der Waals surface area contributed by atoms with Crippen molar-refractivity contribution in [3.63, 3.8) is 0 Å². The maximum absolute atomic E-state index is 13.0. The highest BCUT2D eigenvalue weighted by atomic mass is 16.2. The van der Waals surface area contributed by atoms with Gasteiger partial charge in [0.05, 0.1) is 5.92 Å². The zero-order chi connectivity index (χ0) is 18.5. The van der Waals surface area contributed by atoms with Gasteiger partial charge in [-0.05, 0) is 31.7 Å². The monoisotopic (exact) mass is 359 g/mol. The Morgan fingerprint density at radius 1 is 1.12 bits per heavy atom. The molecule has 0 saturated carbocycles. The molecule has 7 nitrogen and oxygen atoms in total. The summed E-state index contributed by atoms with van der Waals surface area (Å²) in [6.45, 7) is 6.75. The van der Waals surface area contributed by atoms with E-state index < -0.39 is 0 Å². The van der Waals surface area contributed by atoms with Gasteiger partial charge < -0.3 is 15.1 Å². The molecular weight excluding hydrogens is 330 g/mol. The molecule has 0 bridgehead atoms. The minimum Gasteiger partial charge on any atom is -0.351 e. The molecule has 1 N–H and O–H groups in total. The van der Waals surface area contributed by atoms with Gasteiger partial charge in [-0.3, -0.25) is 9.59 Å². The van der Waals surface area contributed by atoms with Crippen LogP contribution in [0.2, 0.25) is 0 Å². The standard InChI is InChI=1S/C19H29N5O2/c1-14(2)17(25)22-16-7-4-10-23(13-16)18(26)15-6-3-11-24(12-15)19-20-8-5-9-21-19/h5,8-9,14-16H,3-4,6-7,10-13H2,1-2H3,(H,22,25)/t15-,16-/m0/s1. The van der Waals surface area contributed by atoms with Gasteiger partial charge in [-0.15, -0.1) is 0 Å². The van der Waals surface area contributed by atoms with Gasteiger partial charge in [0.15, 0.2) is 0 Å². The molecule has 2 aliphatic heterocycles. The summed E-state index contributed by atoms with van der Waals surface area (Å²) in [5.41, 5.74) is 0. The van der Waals surface area contributed by atoms with Crippen LogP contribution in [0.5, 0.6) is 0 Å². The maximum Gasteiger partial charge on any atom is 0.227 e. The van der Waals surface area contributed by atoms with Crippen LogP contribution in [-0.4, -0.2) is 58.9 Å². The third-order valence-corrected chi connectivity index (χ3v) is 5.21. The number of hydrogen-bond donors (Lipinski definition) is 1. The third-order valence-electron chi connectivity index (χ3n) is 5.21. The predicted molar refractivity (Wildman–Crippen MR) is 99.6 cm³/mol. The van der Waals surface area contributed by atoms with E-state index in [-0.39, 0.29) is 29.7 Å². The molecule has 7 heteroatoms. The van der Waals surface area contributed by atoms with Gasteiger partial charge in [0.25, 0.3) is 0 Å². The quantitative estimate of drug-likeness (QED) is 0.880. The molecule has 2 atom stereocenters. The fraction of sp³-hybridized carbons (Fsp3) is 0.684. The molecule has 1 aromatic heterocycles. The Labute approximate surface area is 155 Å². The van der Waals surface area contributed by atoms with Gasteiger partial charge in [0, 0.05) is 50.5 Å². The minimum atomic E-state index is -0.0288. The number of aromatic nitrogens is 2. The molecule has 0 aromatic carbocycles. The van der Waals surface area contributed by atoms with E-state index in [1.807, 2.05) is 18.7 Å². The largest absolute Gasteiger partial charge is 0.351 e. The molecule has 2 saturated heterocycles. The first-order chi connectivity index (χ1) is 12.5. The van der Waals surface area contributed by atoms with Gasteiger partial charge in [-0.2, -0.15) is 0 Å². The molecule has 0 aliphatic carbocycles. The number of amides is 2. The lowest BCUT2D eigenvalue weighted by Crippen LogP contribution is -2.53. The van der Waals surface area contributed by atoms with Crippen molar-refractivity contribution < 1.29 is 9.59 Å². The van der Waals surface area contributed by atoms with E-state index in [1.165, 1.54) is 0 Å². The molecule has 3 heterocycles. The zero-order valence-electron chi connectivity index (χ0n) is 15.7. The number of rotatable bonds is 4. The lowest BCUT2D eigenvalue weighted by molar-refractivity contribution is -0.138. The van der Waals surface area contributed by atoms with Crippen LogP contribution in [0, 0.1) is 11.8 Å². The number of carbonyl (C=O) groups is 2. The number of piperidine rings is 2. The van der Waals surface area contributed by atoms with E-state index in [9.17, 15) is 9.59 Å². The van der Waals surface area contributed by atoms with Crippen molar-refractivity contribution in [3.05, 3.63) is 18.5 Å². The van der Waals surface area contributed by atoms with E-state index in [2.05, 4.69) is 20.2 Å². The van der Waals surface area contributed by atoms with Gasteiger partial charge in [-0.25, -0.2) is 9.97 Å². The SMILES string of the molecule is CC(C)C(=O)N[C@H]1CCCN(C(=O)[C@H]2CCCN(c3ncccn3)C2)C1. The first-order valence-electron chi connectivity index (χ1n) is 9.65. The van der Waals surface area contributed by atoms with Crippen molar-refractivity contribution in [3.8, 4) is 0 Å². The van der Waals surface area contributed by atoms with Crippen LogP contribution >= 0.6 is 0 Å². The molecular formula is C19H29N5O2. The van der Waals surface area contributed by atoms with E-state index >= 15 is 0 Å². The first kappa shape index (κ1) is 18.6.